The molecule has 0 atom stereocenters. The van der Waals surface area contributed by atoms with Crippen molar-refractivity contribution in [1.82, 2.24) is 15.1 Å². The number of guanidine groups is 1. The largest absolute Gasteiger partial charge is 0.356 e. The quantitative estimate of drug-likeness (QED) is 0.436. The van der Waals surface area contributed by atoms with E-state index in [4.69, 9.17) is 0 Å². The van der Waals surface area contributed by atoms with Crippen molar-refractivity contribution in [2.24, 2.45) is 4.99 Å². The molecule has 4 nitrogen and oxygen atoms in total. The molecule has 0 radical (unpaired) electrons. The van der Waals surface area contributed by atoms with Crippen LogP contribution in [0.15, 0.2) is 4.99 Å². The maximum absolute atomic E-state index is 4.19. The van der Waals surface area contributed by atoms with Crippen molar-refractivity contribution in [1.29, 1.82) is 0 Å². The molecule has 0 aliphatic rings. The van der Waals surface area contributed by atoms with Crippen LogP contribution in [0.5, 0.6) is 0 Å². The van der Waals surface area contributed by atoms with E-state index in [1.54, 1.807) is 0 Å². The molecule has 0 saturated heterocycles. The molecule has 0 fully saturated rings. The van der Waals surface area contributed by atoms with Gasteiger partial charge in [-0.3, -0.25) is 9.89 Å². The van der Waals surface area contributed by atoms with E-state index in [2.05, 4.69) is 42.9 Å². The molecule has 0 rings (SSSR count). The van der Waals surface area contributed by atoms with Crippen LogP contribution in [-0.2, 0) is 0 Å². The Balaban J connectivity index is 3.90. The molecule has 0 unspecified atom stereocenters. The molecule has 0 bridgehead atoms. The molecule has 1 N–H and O–H groups in total. The predicted molar refractivity (Wildman–Crippen MR) is 76.6 cm³/mol. The number of nitrogens with zero attached hydrogens (tertiary/aromatic N) is 3. The van der Waals surface area contributed by atoms with E-state index in [0.717, 1.165) is 25.5 Å². The Kier molecular flexibility index (Phi) is 7.96. The molecule has 0 saturated carbocycles. The molecule has 0 aliphatic heterocycles. The van der Waals surface area contributed by atoms with Gasteiger partial charge < -0.3 is 10.2 Å². The van der Waals surface area contributed by atoms with E-state index in [0.29, 0.717) is 12.1 Å². The van der Waals surface area contributed by atoms with Crippen molar-refractivity contribution in [2.75, 3.05) is 34.2 Å². The predicted octanol–water partition coefficient (Wildman–Crippen LogP) is 1.63. The van der Waals surface area contributed by atoms with Gasteiger partial charge in [0.1, 0.15) is 0 Å². The van der Waals surface area contributed by atoms with E-state index in [9.17, 15) is 0 Å². The lowest BCUT2D eigenvalue weighted by Gasteiger charge is -2.30. The lowest BCUT2D eigenvalue weighted by Crippen LogP contribution is -2.41. The molecule has 0 heterocycles. The van der Waals surface area contributed by atoms with E-state index in [-0.39, 0.29) is 0 Å². The van der Waals surface area contributed by atoms with Crippen molar-refractivity contribution in [3.63, 3.8) is 0 Å². The maximum Gasteiger partial charge on any atom is 0.193 e. The number of rotatable bonds is 6. The van der Waals surface area contributed by atoms with E-state index >= 15 is 0 Å². The summed E-state index contributed by atoms with van der Waals surface area (Å²) in [6.45, 7) is 11.1. The second kappa shape index (κ2) is 8.34. The number of nitrogens with one attached hydrogen (secondary N) is 1. The SMILES string of the molecule is CN=C(NCCCN(C(C)C)C(C)C)N(C)C. The Labute approximate surface area is 107 Å². The summed E-state index contributed by atoms with van der Waals surface area (Å²) in [5.74, 6) is 0.950. The summed E-state index contributed by atoms with van der Waals surface area (Å²) in [6.07, 6.45) is 1.14. The zero-order chi connectivity index (χ0) is 13.4. The van der Waals surface area contributed by atoms with Crippen LogP contribution in [0.3, 0.4) is 0 Å². The Morgan fingerprint density at radius 3 is 2.00 bits per heavy atom. The maximum atomic E-state index is 4.19. The Morgan fingerprint density at radius 2 is 1.65 bits per heavy atom. The zero-order valence-corrected chi connectivity index (χ0v) is 12.6. The van der Waals surface area contributed by atoms with Gasteiger partial charge in [-0.15, -0.1) is 0 Å². The zero-order valence-electron chi connectivity index (χ0n) is 12.6. The fraction of sp³-hybridized carbons (Fsp3) is 0.923. The molecule has 0 aromatic rings. The molecule has 4 heteroatoms. The van der Waals surface area contributed by atoms with Gasteiger partial charge in [-0.05, 0) is 34.1 Å². The van der Waals surface area contributed by atoms with Gasteiger partial charge in [0.15, 0.2) is 5.96 Å². The van der Waals surface area contributed by atoms with Crippen LogP contribution in [0.4, 0.5) is 0 Å². The lowest BCUT2D eigenvalue weighted by atomic mass is 10.2. The van der Waals surface area contributed by atoms with Crippen molar-refractivity contribution < 1.29 is 0 Å². The Morgan fingerprint density at radius 1 is 1.12 bits per heavy atom. The second-order valence-corrected chi connectivity index (χ2v) is 5.15. The van der Waals surface area contributed by atoms with Crippen LogP contribution in [0, 0.1) is 0 Å². The number of aliphatic imine (C=N–C) groups is 1. The summed E-state index contributed by atoms with van der Waals surface area (Å²) in [5.41, 5.74) is 0. The summed E-state index contributed by atoms with van der Waals surface area (Å²) in [6, 6.07) is 1.23. The van der Waals surface area contributed by atoms with Crippen molar-refractivity contribution in [3.8, 4) is 0 Å². The van der Waals surface area contributed by atoms with Gasteiger partial charge in [-0.25, -0.2) is 0 Å². The second-order valence-electron chi connectivity index (χ2n) is 5.15. The fourth-order valence-electron chi connectivity index (χ4n) is 2.01. The van der Waals surface area contributed by atoms with Crippen molar-refractivity contribution in [3.05, 3.63) is 0 Å². The highest BCUT2D eigenvalue weighted by Gasteiger charge is 2.12. The summed E-state index contributed by atoms with van der Waals surface area (Å²) in [7, 11) is 5.82. The first kappa shape index (κ1) is 16.2. The first-order valence-electron chi connectivity index (χ1n) is 6.53. The van der Waals surface area contributed by atoms with E-state index < -0.39 is 0 Å². The van der Waals surface area contributed by atoms with Crippen LogP contribution >= 0.6 is 0 Å². The molecule has 0 aromatic carbocycles. The van der Waals surface area contributed by atoms with Crippen LogP contribution in [0.1, 0.15) is 34.1 Å². The molecular formula is C13H30N4. The third-order valence-corrected chi connectivity index (χ3v) is 2.84. The standard InChI is InChI=1S/C13H30N4/c1-11(2)17(12(3)4)10-8-9-15-13(14-5)16(6)7/h11-12H,8-10H2,1-7H3,(H,14,15). The van der Waals surface area contributed by atoms with Gasteiger partial charge in [0, 0.05) is 46.3 Å². The molecule has 0 aromatic heterocycles. The smallest absolute Gasteiger partial charge is 0.193 e. The highest BCUT2D eigenvalue weighted by molar-refractivity contribution is 5.79. The third-order valence-electron chi connectivity index (χ3n) is 2.84. The van der Waals surface area contributed by atoms with E-state index in [1.165, 1.54) is 0 Å². The summed E-state index contributed by atoms with van der Waals surface area (Å²) < 4.78 is 0. The average molecular weight is 242 g/mol. The van der Waals surface area contributed by atoms with Gasteiger partial charge in [0.05, 0.1) is 0 Å². The summed E-state index contributed by atoms with van der Waals surface area (Å²) in [5, 5.41) is 3.35. The van der Waals surface area contributed by atoms with Crippen LogP contribution in [0.25, 0.3) is 0 Å². The van der Waals surface area contributed by atoms with E-state index in [1.807, 2.05) is 26.0 Å². The lowest BCUT2D eigenvalue weighted by molar-refractivity contribution is 0.173. The first-order valence-corrected chi connectivity index (χ1v) is 6.53. The van der Waals surface area contributed by atoms with Crippen molar-refractivity contribution >= 4 is 5.96 Å². The van der Waals surface area contributed by atoms with Gasteiger partial charge in [-0.2, -0.15) is 0 Å². The minimum absolute atomic E-state index is 0.614. The minimum atomic E-state index is 0.614. The molecule has 17 heavy (non-hydrogen) atoms. The monoisotopic (exact) mass is 242 g/mol. The topological polar surface area (TPSA) is 30.9 Å². The van der Waals surface area contributed by atoms with Gasteiger partial charge >= 0.3 is 0 Å². The normalized spacial score (nSPS) is 12.7. The molecule has 0 amide bonds. The van der Waals surface area contributed by atoms with Crippen LogP contribution in [-0.4, -0.2) is 62.1 Å². The first-order chi connectivity index (χ1) is 7.90. The van der Waals surface area contributed by atoms with Crippen LogP contribution < -0.4 is 5.32 Å². The number of hydrogen-bond donors (Lipinski definition) is 1. The van der Waals surface area contributed by atoms with Gasteiger partial charge in [0.25, 0.3) is 0 Å². The third kappa shape index (κ3) is 6.51. The van der Waals surface area contributed by atoms with Gasteiger partial charge in [-0.1, -0.05) is 0 Å². The molecule has 0 spiro atoms. The summed E-state index contributed by atoms with van der Waals surface area (Å²) >= 11 is 0. The minimum Gasteiger partial charge on any atom is -0.356 e. The average Bonchev–Trinajstić information content (AvgIpc) is 2.21. The highest BCUT2D eigenvalue weighted by Crippen LogP contribution is 2.05. The highest BCUT2D eigenvalue weighted by atomic mass is 15.3. The van der Waals surface area contributed by atoms with Crippen molar-refractivity contribution in [2.45, 2.75) is 46.2 Å². The Hall–Kier alpha value is -0.770. The number of hydrogen-bond acceptors (Lipinski definition) is 2. The van der Waals surface area contributed by atoms with Gasteiger partial charge in [0.2, 0.25) is 0 Å². The fourth-order valence-corrected chi connectivity index (χ4v) is 2.01. The molecule has 0 aliphatic carbocycles. The Bertz CT molecular complexity index is 213. The summed E-state index contributed by atoms with van der Waals surface area (Å²) in [4.78, 5) is 8.71. The van der Waals surface area contributed by atoms with Crippen LogP contribution in [0.2, 0.25) is 0 Å². The molecular weight excluding hydrogens is 212 g/mol. The molecule has 102 valence electrons.